The summed E-state index contributed by atoms with van der Waals surface area (Å²) in [6.07, 6.45) is 0. The first-order valence-corrected chi connectivity index (χ1v) is 8.78. The fourth-order valence-electron chi connectivity index (χ4n) is 2.30. The summed E-state index contributed by atoms with van der Waals surface area (Å²) in [7, 11) is -3.81. The number of carboxylic acid groups (broad SMARTS) is 1. The number of rotatable bonds is 3. The molecule has 1 aromatic rings. The second-order valence-electron chi connectivity index (χ2n) is 5.03. The highest BCUT2D eigenvalue weighted by Crippen LogP contribution is 2.29. The monoisotopic (exact) mass is 333 g/mol. The smallest absolute Gasteiger partial charge is 0.338 e. The van der Waals surface area contributed by atoms with Crippen molar-refractivity contribution in [1.82, 2.24) is 4.31 Å². The maximum Gasteiger partial charge on any atom is 0.338 e. The zero-order valence-corrected chi connectivity index (χ0v) is 13.2. The Bertz CT molecular complexity index is 652. The highest BCUT2D eigenvalue weighted by atomic mass is 32.2. The molecule has 116 valence electrons. The zero-order chi connectivity index (χ0) is 15.8. The van der Waals surface area contributed by atoms with Crippen LogP contribution in [-0.4, -0.2) is 47.4 Å². The molecule has 0 aromatic heterocycles. The third kappa shape index (κ3) is 3.38. The molecule has 0 amide bonds. The van der Waals surface area contributed by atoms with Crippen LogP contribution in [0.1, 0.15) is 24.2 Å². The largest absolute Gasteiger partial charge is 0.478 e. The van der Waals surface area contributed by atoms with E-state index in [0.29, 0.717) is 13.1 Å². The second-order valence-corrected chi connectivity index (χ2v) is 8.85. The molecule has 5 nitrogen and oxygen atoms in total. The van der Waals surface area contributed by atoms with Gasteiger partial charge in [0, 0.05) is 23.6 Å². The Morgan fingerprint density at radius 2 is 1.90 bits per heavy atom. The van der Waals surface area contributed by atoms with E-state index in [-0.39, 0.29) is 15.4 Å². The first-order valence-electron chi connectivity index (χ1n) is 6.40. The van der Waals surface area contributed by atoms with Crippen molar-refractivity contribution in [3.8, 4) is 0 Å². The van der Waals surface area contributed by atoms with Crippen LogP contribution in [0.3, 0.4) is 0 Å². The van der Waals surface area contributed by atoms with Gasteiger partial charge in [-0.1, -0.05) is 13.8 Å². The normalized spacial score (nSPS) is 24.0. The van der Waals surface area contributed by atoms with E-state index in [1.165, 1.54) is 4.31 Å². The molecule has 0 bridgehead atoms. The first-order chi connectivity index (χ1) is 9.71. The van der Waals surface area contributed by atoms with Crippen molar-refractivity contribution < 1.29 is 22.7 Å². The Morgan fingerprint density at radius 3 is 2.43 bits per heavy atom. The van der Waals surface area contributed by atoms with Gasteiger partial charge >= 0.3 is 5.97 Å². The predicted octanol–water partition coefficient (Wildman–Crippen LogP) is 2.04. The summed E-state index contributed by atoms with van der Waals surface area (Å²) in [5.41, 5.74) is -0.636. The third-order valence-electron chi connectivity index (χ3n) is 3.19. The van der Waals surface area contributed by atoms with Crippen molar-refractivity contribution in [1.29, 1.82) is 0 Å². The molecule has 0 spiro atoms. The number of carboxylic acids is 1. The van der Waals surface area contributed by atoms with Gasteiger partial charge < -0.3 is 5.11 Å². The number of nitrogens with zero attached hydrogens (tertiary/aromatic N) is 1. The fraction of sp³-hybridized carbons (Fsp3) is 0.462. The number of thioether (sulfide) groups is 1. The molecule has 2 unspecified atom stereocenters. The molecule has 1 fully saturated rings. The van der Waals surface area contributed by atoms with Crippen LogP contribution < -0.4 is 0 Å². The highest BCUT2D eigenvalue weighted by molar-refractivity contribution is 8.00. The van der Waals surface area contributed by atoms with Crippen LogP contribution in [0, 0.1) is 5.82 Å². The predicted molar refractivity (Wildman–Crippen MR) is 78.6 cm³/mol. The van der Waals surface area contributed by atoms with Gasteiger partial charge in [0.05, 0.1) is 10.5 Å². The SMILES string of the molecule is CC1CN(S(=O)(=O)c2ccc(F)c(C(=O)O)c2)CC(C)S1. The lowest BCUT2D eigenvalue weighted by molar-refractivity contribution is 0.0691. The molecule has 0 saturated carbocycles. The quantitative estimate of drug-likeness (QED) is 0.916. The summed E-state index contributed by atoms with van der Waals surface area (Å²) < 4.78 is 39.8. The molecule has 1 saturated heterocycles. The van der Waals surface area contributed by atoms with E-state index in [9.17, 15) is 17.6 Å². The minimum absolute atomic E-state index is 0.155. The average molecular weight is 333 g/mol. The number of sulfonamides is 1. The molecular weight excluding hydrogens is 317 g/mol. The minimum atomic E-state index is -3.81. The Morgan fingerprint density at radius 1 is 1.33 bits per heavy atom. The summed E-state index contributed by atoms with van der Waals surface area (Å²) in [4.78, 5) is 10.7. The molecule has 1 aliphatic heterocycles. The lowest BCUT2D eigenvalue weighted by Crippen LogP contribution is -2.43. The average Bonchev–Trinajstić information content (AvgIpc) is 2.37. The Labute approximate surface area is 127 Å². The summed E-state index contributed by atoms with van der Waals surface area (Å²) in [6, 6.07) is 2.86. The van der Waals surface area contributed by atoms with Crippen molar-refractivity contribution >= 4 is 27.8 Å². The van der Waals surface area contributed by atoms with Crippen LogP contribution in [0.4, 0.5) is 4.39 Å². The summed E-state index contributed by atoms with van der Waals surface area (Å²) >= 11 is 1.71. The van der Waals surface area contributed by atoms with Gasteiger partial charge in [-0.05, 0) is 18.2 Å². The summed E-state index contributed by atoms with van der Waals surface area (Å²) in [5, 5.41) is 9.21. The molecule has 8 heteroatoms. The number of hydrogen-bond acceptors (Lipinski definition) is 4. The van der Waals surface area contributed by atoms with Crippen molar-refractivity contribution in [2.24, 2.45) is 0 Å². The number of hydrogen-bond donors (Lipinski definition) is 1. The lowest BCUT2D eigenvalue weighted by atomic mass is 10.2. The number of benzene rings is 1. The van der Waals surface area contributed by atoms with E-state index < -0.39 is 27.4 Å². The molecule has 1 heterocycles. The van der Waals surface area contributed by atoms with Gasteiger partial charge in [-0.15, -0.1) is 0 Å². The highest BCUT2D eigenvalue weighted by Gasteiger charge is 2.32. The molecule has 21 heavy (non-hydrogen) atoms. The first kappa shape index (κ1) is 16.3. The maximum atomic E-state index is 13.4. The fourth-order valence-corrected chi connectivity index (χ4v) is 5.46. The standard InChI is InChI=1S/C13H16FNO4S2/c1-8-6-15(7-9(2)20-8)21(18,19)10-3-4-12(14)11(5-10)13(16)17/h3-5,8-9H,6-7H2,1-2H3,(H,16,17). The Hall–Kier alpha value is -1.12. The third-order valence-corrected chi connectivity index (χ3v) is 6.25. The van der Waals surface area contributed by atoms with Gasteiger partial charge in [0.2, 0.25) is 10.0 Å². The minimum Gasteiger partial charge on any atom is -0.478 e. The van der Waals surface area contributed by atoms with Crippen molar-refractivity contribution in [2.75, 3.05) is 13.1 Å². The molecule has 1 aromatic carbocycles. The molecule has 1 N–H and O–H groups in total. The van der Waals surface area contributed by atoms with Gasteiger partial charge in [-0.3, -0.25) is 0 Å². The Balaban J connectivity index is 2.40. The molecule has 2 atom stereocenters. The maximum absolute atomic E-state index is 13.4. The molecule has 1 aliphatic rings. The van der Waals surface area contributed by atoms with E-state index in [2.05, 4.69) is 0 Å². The van der Waals surface area contributed by atoms with Crippen LogP contribution in [0.5, 0.6) is 0 Å². The van der Waals surface area contributed by atoms with E-state index >= 15 is 0 Å². The van der Waals surface area contributed by atoms with Gasteiger partial charge in [0.15, 0.2) is 0 Å². The number of aromatic carboxylic acids is 1. The van der Waals surface area contributed by atoms with Crippen LogP contribution in [-0.2, 0) is 10.0 Å². The van der Waals surface area contributed by atoms with Gasteiger partial charge in [-0.2, -0.15) is 16.1 Å². The second kappa shape index (κ2) is 5.94. The van der Waals surface area contributed by atoms with Gasteiger partial charge in [0.1, 0.15) is 5.82 Å². The molecule has 2 rings (SSSR count). The van der Waals surface area contributed by atoms with Crippen LogP contribution in [0.25, 0.3) is 0 Å². The zero-order valence-electron chi connectivity index (χ0n) is 11.6. The van der Waals surface area contributed by atoms with Crippen molar-refractivity contribution in [3.05, 3.63) is 29.6 Å². The van der Waals surface area contributed by atoms with Crippen molar-refractivity contribution in [2.45, 2.75) is 29.2 Å². The molecular formula is C13H16FNO4S2. The molecule has 0 radical (unpaired) electrons. The summed E-state index contributed by atoms with van der Waals surface area (Å²) in [5.74, 6) is -2.43. The van der Waals surface area contributed by atoms with E-state index in [0.717, 1.165) is 18.2 Å². The van der Waals surface area contributed by atoms with Crippen molar-refractivity contribution in [3.63, 3.8) is 0 Å². The van der Waals surface area contributed by atoms with E-state index in [1.54, 1.807) is 11.8 Å². The van der Waals surface area contributed by atoms with Gasteiger partial charge in [-0.25, -0.2) is 17.6 Å². The number of halogens is 1. The Kier molecular flexibility index (Phi) is 4.60. The van der Waals surface area contributed by atoms with Crippen LogP contribution in [0.15, 0.2) is 23.1 Å². The lowest BCUT2D eigenvalue weighted by Gasteiger charge is -2.33. The van der Waals surface area contributed by atoms with Crippen LogP contribution >= 0.6 is 11.8 Å². The van der Waals surface area contributed by atoms with E-state index in [1.807, 2.05) is 13.8 Å². The van der Waals surface area contributed by atoms with E-state index in [4.69, 9.17) is 5.11 Å². The molecule has 0 aliphatic carbocycles. The van der Waals surface area contributed by atoms with Gasteiger partial charge in [0.25, 0.3) is 0 Å². The summed E-state index contributed by atoms with van der Waals surface area (Å²) in [6.45, 7) is 4.60. The number of carbonyl (C=O) groups is 1. The topological polar surface area (TPSA) is 74.7 Å². The van der Waals surface area contributed by atoms with Crippen LogP contribution in [0.2, 0.25) is 0 Å².